The molecule has 3 N–H and O–H groups in total. The van der Waals surface area contributed by atoms with Crippen LogP contribution in [0.1, 0.15) is 11.1 Å². The lowest BCUT2D eigenvalue weighted by molar-refractivity contribution is 0.625. The van der Waals surface area contributed by atoms with E-state index in [1.807, 2.05) is 18.2 Å². The van der Waals surface area contributed by atoms with Crippen molar-refractivity contribution in [2.75, 3.05) is 5.75 Å². The van der Waals surface area contributed by atoms with E-state index in [9.17, 15) is 4.39 Å². The molecule has 3 nitrogen and oxygen atoms in total. The van der Waals surface area contributed by atoms with Gasteiger partial charge in [-0.15, -0.1) is 11.8 Å². The van der Waals surface area contributed by atoms with Crippen LogP contribution in [0.25, 0.3) is 0 Å². The third-order valence-corrected chi connectivity index (χ3v) is 4.98. The normalized spacial score (nSPS) is 18.5. The highest BCUT2D eigenvalue weighted by molar-refractivity contribution is 7.99. The second-order valence-electron chi connectivity index (χ2n) is 5.31. The van der Waals surface area contributed by atoms with Gasteiger partial charge in [0, 0.05) is 22.1 Å². The van der Waals surface area contributed by atoms with Gasteiger partial charge in [0.2, 0.25) is 0 Å². The van der Waals surface area contributed by atoms with E-state index in [-0.39, 0.29) is 16.8 Å². The molecule has 3 rings (SSSR count). The van der Waals surface area contributed by atoms with Crippen molar-refractivity contribution in [3.63, 3.8) is 0 Å². The van der Waals surface area contributed by atoms with Gasteiger partial charge < -0.3 is 5.73 Å². The Labute approximate surface area is 144 Å². The third kappa shape index (κ3) is 3.89. The first kappa shape index (κ1) is 16.0. The Morgan fingerprint density at radius 3 is 2.83 bits per heavy atom. The molecule has 2 aromatic carbocycles. The van der Waals surface area contributed by atoms with Gasteiger partial charge in [-0.2, -0.15) is 5.10 Å². The van der Waals surface area contributed by atoms with Crippen LogP contribution in [-0.2, 0) is 6.42 Å². The maximum atomic E-state index is 13.7. The first-order valence-electron chi connectivity index (χ1n) is 7.23. The number of nitrogens with zero attached hydrogens (tertiary/aromatic N) is 1. The van der Waals surface area contributed by atoms with Crippen LogP contribution in [0.5, 0.6) is 0 Å². The monoisotopic (exact) mass is 345 g/mol. The number of hydrogen-bond acceptors (Lipinski definition) is 3. The van der Waals surface area contributed by atoms with Crippen molar-refractivity contribution in [1.82, 2.24) is 5.43 Å². The van der Waals surface area contributed by atoms with Crippen molar-refractivity contribution < 1.29 is 4.39 Å². The Hall–Kier alpha value is -1.92. The van der Waals surface area contributed by atoms with Crippen molar-refractivity contribution >= 4 is 34.8 Å². The molecule has 1 aliphatic rings. The van der Waals surface area contributed by atoms with Crippen molar-refractivity contribution in [3.8, 4) is 0 Å². The van der Waals surface area contributed by atoms with Crippen LogP contribution >= 0.6 is 24.0 Å². The molecular weight excluding hydrogens is 329 g/mol. The summed E-state index contributed by atoms with van der Waals surface area (Å²) in [5, 5.41) is 4.47. The number of hydrazone groups is 1. The van der Waals surface area contributed by atoms with Gasteiger partial charge in [-0.1, -0.05) is 30.3 Å². The number of nitrogens with two attached hydrogens (primary N) is 1. The van der Waals surface area contributed by atoms with E-state index in [4.69, 9.17) is 18.0 Å². The molecule has 0 fully saturated rings. The number of nitrogens with one attached hydrogen (secondary N) is 1. The SMILES string of the molecule is NC(=S)NN=C1c2cc(F)ccc2SCC1Cc1ccccc1. The highest BCUT2D eigenvalue weighted by Gasteiger charge is 2.27. The Morgan fingerprint density at radius 1 is 1.30 bits per heavy atom. The zero-order valence-electron chi connectivity index (χ0n) is 12.3. The molecule has 6 heteroatoms. The van der Waals surface area contributed by atoms with Crippen molar-refractivity contribution in [2.24, 2.45) is 16.8 Å². The van der Waals surface area contributed by atoms with Crippen LogP contribution in [-0.4, -0.2) is 16.6 Å². The van der Waals surface area contributed by atoms with E-state index >= 15 is 0 Å². The fraction of sp³-hybridized carbons (Fsp3) is 0.176. The maximum Gasteiger partial charge on any atom is 0.184 e. The van der Waals surface area contributed by atoms with Gasteiger partial charge in [-0.25, -0.2) is 4.39 Å². The topological polar surface area (TPSA) is 50.4 Å². The summed E-state index contributed by atoms with van der Waals surface area (Å²) in [5.74, 6) is 0.775. The molecule has 0 amide bonds. The zero-order chi connectivity index (χ0) is 16.2. The van der Waals surface area contributed by atoms with Gasteiger partial charge in [-0.3, -0.25) is 5.43 Å². The number of hydrogen-bond donors (Lipinski definition) is 2. The molecule has 2 aromatic rings. The number of fused-ring (bicyclic) bond motifs is 1. The predicted octanol–water partition coefficient (Wildman–Crippen LogP) is 3.33. The number of halogens is 1. The molecule has 118 valence electrons. The highest BCUT2D eigenvalue weighted by Crippen LogP contribution is 2.35. The van der Waals surface area contributed by atoms with Gasteiger partial charge >= 0.3 is 0 Å². The Morgan fingerprint density at radius 2 is 2.09 bits per heavy atom. The molecule has 0 saturated carbocycles. The molecule has 0 saturated heterocycles. The van der Waals surface area contributed by atoms with Crippen LogP contribution in [0, 0.1) is 11.7 Å². The Kier molecular flexibility index (Phi) is 4.93. The Balaban J connectivity index is 1.95. The van der Waals surface area contributed by atoms with Crippen LogP contribution in [0.2, 0.25) is 0 Å². The summed E-state index contributed by atoms with van der Waals surface area (Å²) in [6, 6.07) is 15.0. The minimum Gasteiger partial charge on any atom is -0.375 e. The van der Waals surface area contributed by atoms with Crippen molar-refractivity contribution in [3.05, 3.63) is 65.5 Å². The van der Waals surface area contributed by atoms with E-state index < -0.39 is 0 Å². The molecule has 23 heavy (non-hydrogen) atoms. The maximum absolute atomic E-state index is 13.7. The first-order valence-corrected chi connectivity index (χ1v) is 8.62. The second kappa shape index (κ2) is 7.10. The summed E-state index contributed by atoms with van der Waals surface area (Å²) in [6.45, 7) is 0. The average Bonchev–Trinajstić information content (AvgIpc) is 2.54. The van der Waals surface area contributed by atoms with Gasteiger partial charge in [0.25, 0.3) is 0 Å². The summed E-state index contributed by atoms with van der Waals surface area (Å²) in [7, 11) is 0. The smallest absolute Gasteiger partial charge is 0.184 e. The minimum absolute atomic E-state index is 0.104. The molecule has 1 aliphatic heterocycles. The van der Waals surface area contributed by atoms with Crippen LogP contribution < -0.4 is 11.2 Å². The number of rotatable bonds is 3. The lowest BCUT2D eigenvalue weighted by Gasteiger charge is -2.26. The number of thioether (sulfide) groups is 1. The van der Waals surface area contributed by atoms with Crippen LogP contribution in [0.4, 0.5) is 4.39 Å². The van der Waals surface area contributed by atoms with Crippen LogP contribution in [0.3, 0.4) is 0 Å². The van der Waals surface area contributed by atoms with E-state index in [0.717, 1.165) is 28.3 Å². The first-order chi connectivity index (χ1) is 11.1. The van der Waals surface area contributed by atoms with E-state index in [1.54, 1.807) is 17.8 Å². The van der Waals surface area contributed by atoms with Crippen LogP contribution in [0.15, 0.2) is 58.5 Å². The summed E-state index contributed by atoms with van der Waals surface area (Å²) in [5.41, 5.74) is 11.0. The second-order valence-corrected chi connectivity index (χ2v) is 6.81. The average molecular weight is 345 g/mol. The zero-order valence-corrected chi connectivity index (χ0v) is 14.0. The molecular formula is C17H16FN3S2. The van der Waals surface area contributed by atoms with E-state index in [0.29, 0.717) is 0 Å². The fourth-order valence-corrected chi connectivity index (χ4v) is 3.82. The van der Waals surface area contributed by atoms with E-state index in [2.05, 4.69) is 22.7 Å². The molecule has 0 aromatic heterocycles. The molecule has 0 spiro atoms. The number of benzene rings is 2. The fourth-order valence-electron chi connectivity index (χ4n) is 2.64. The lowest BCUT2D eigenvalue weighted by Crippen LogP contribution is -2.31. The van der Waals surface area contributed by atoms with Gasteiger partial charge in [0.1, 0.15) is 5.82 Å². The molecule has 1 unspecified atom stereocenters. The minimum atomic E-state index is -0.271. The van der Waals surface area contributed by atoms with Gasteiger partial charge in [0.15, 0.2) is 5.11 Å². The standard InChI is InChI=1S/C17H16FN3S2/c18-13-6-7-15-14(9-13)16(20-21-17(19)22)12(10-23-15)8-11-4-2-1-3-5-11/h1-7,9,12H,8,10H2,(H3,19,21,22). The predicted molar refractivity (Wildman–Crippen MR) is 97.2 cm³/mol. The molecule has 0 radical (unpaired) electrons. The quantitative estimate of drug-likeness (QED) is 0.662. The third-order valence-electron chi connectivity index (χ3n) is 3.66. The Bertz CT molecular complexity index is 747. The number of thiocarbonyl (C=S) groups is 1. The molecule has 1 atom stereocenters. The van der Waals surface area contributed by atoms with E-state index in [1.165, 1.54) is 17.7 Å². The van der Waals surface area contributed by atoms with Crippen molar-refractivity contribution in [2.45, 2.75) is 11.3 Å². The summed E-state index contributed by atoms with van der Waals surface area (Å²) in [4.78, 5) is 1.03. The van der Waals surface area contributed by atoms with Crippen molar-refractivity contribution in [1.29, 1.82) is 0 Å². The van der Waals surface area contributed by atoms with Gasteiger partial charge in [-0.05, 0) is 42.4 Å². The largest absolute Gasteiger partial charge is 0.375 e. The summed E-state index contributed by atoms with van der Waals surface area (Å²) in [6.07, 6.45) is 0.835. The summed E-state index contributed by atoms with van der Waals surface area (Å²) >= 11 is 6.56. The molecule has 0 aliphatic carbocycles. The molecule has 0 bridgehead atoms. The lowest BCUT2D eigenvalue weighted by atomic mass is 9.91. The highest BCUT2D eigenvalue weighted by atomic mass is 32.2. The summed E-state index contributed by atoms with van der Waals surface area (Å²) < 4.78 is 13.7. The van der Waals surface area contributed by atoms with Gasteiger partial charge in [0.05, 0.1) is 5.71 Å². The molecule has 1 heterocycles.